The van der Waals surface area contributed by atoms with Crippen LogP contribution in [0.3, 0.4) is 0 Å². The summed E-state index contributed by atoms with van der Waals surface area (Å²) in [4.78, 5) is 15.2. The molecule has 3 atom stereocenters. The van der Waals surface area contributed by atoms with Crippen LogP contribution in [0.15, 0.2) is 0 Å². The third kappa shape index (κ3) is 2.70. The lowest BCUT2D eigenvalue weighted by Crippen LogP contribution is -2.53. The van der Waals surface area contributed by atoms with Gasteiger partial charge in [0.05, 0.1) is 4.99 Å². The maximum Gasteiger partial charge on any atom is 0.235 e. The number of hydrogen-bond acceptors (Lipinski definition) is 3. The number of thiocarbonyl (C=S) groups is 1. The Morgan fingerprint density at radius 2 is 2.05 bits per heavy atom. The summed E-state index contributed by atoms with van der Waals surface area (Å²) in [5.41, 5.74) is 5.27. The molecule has 1 heterocycles. The first-order chi connectivity index (χ1) is 10.0. The van der Waals surface area contributed by atoms with Crippen LogP contribution >= 0.6 is 12.2 Å². The molecule has 3 unspecified atom stereocenters. The molecule has 0 aromatic heterocycles. The Morgan fingerprint density at radius 1 is 1.33 bits per heavy atom. The number of fused-ring (bicyclic) bond motifs is 2. The molecule has 0 radical (unpaired) electrons. The lowest BCUT2D eigenvalue weighted by atomic mass is 9.78. The summed E-state index contributed by atoms with van der Waals surface area (Å²) >= 11 is 5.23. The molecule has 1 saturated heterocycles. The topological polar surface area (TPSA) is 55.6 Å². The molecule has 3 rings (SSSR count). The van der Waals surface area contributed by atoms with Gasteiger partial charge in [0, 0.05) is 26.8 Å². The average Bonchev–Trinajstić information content (AvgIpc) is 3.09. The minimum Gasteiger partial charge on any atom is -0.392 e. The molecule has 5 heteroatoms. The molecule has 1 aliphatic heterocycles. The molecule has 3 fully saturated rings. The molecule has 0 aromatic rings. The van der Waals surface area contributed by atoms with Gasteiger partial charge in [-0.2, -0.15) is 0 Å². The first kappa shape index (κ1) is 15.2. The molecule has 4 nitrogen and oxygen atoms in total. The Morgan fingerprint density at radius 3 is 2.57 bits per heavy atom. The summed E-state index contributed by atoms with van der Waals surface area (Å²) in [5, 5.41) is 0. The fourth-order valence-electron chi connectivity index (χ4n) is 4.69. The van der Waals surface area contributed by atoms with Crippen LogP contribution in [0.4, 0.5) is 0 Å². The molecule has 2 bridgehead atoms. The highest BCUT2D eigenvalue weighted by atomic mass is 32.1. The molecular weight excluding hydrogens is 284 g/mol. The Hall–Kier alpha value is -0.680. The fraction of sp³-hybridized carbons (Fsp3) is 0.875. The summed E-state index contributed by atoms with van der Waals surface area (Å²) < 4.78 is 5.39. The van der Waals surface area contributed by atoms with Crippen molar-refractivity contribution >= 4 is 23.1 Å². The number of carbonyl (C=O) groups excluding carboxylic acids is 1. The Bertz CT molecular complexity index is 434. The number of ether oxygens (including phenoxy) is 1. The minimum atomic E-state index is -0.667. The number of hydrogen-bond donors (Lipinski definition) is 1. The summed E-state index contributed by atoms with van der Waals surface area (Å²) in [7, 11) is 1.92. The molecule has 1 amide bonds. The van der Waals surface area contributed by atoms with Crippen LogP contribution in [-0.4, -0.2) is 42.6 Å². The van der Waals surface area contributed by atoms with Crippen molar-refractivity contribution in [3.63, 3.8) is 0 Å². The second-order valence-electron chi connectivity index (χ2n) is 7.18. The summed E-state index contributed by atoms with van der Waals surface area (Å²) in [6.45, 7) is 2.02. The monoisotopic (exact) mass is 310 g/mol. The summed E-state index contributed by atoms with van der Waals surface area (Å²) in [5.74, 6) is 2.54. The van der Waals surface area contributed by atoms with Gasteiger partial charge in [0.15, 0.2) is 0 Å². The van der Waals surface area contributed by atoms with Crippen LogP contribution in [0.2, 0.25) is 0 Å². The Labute approximate surface area is 132 Å². The molecule has 2 aliphatic carbocycles. The first-order valence-electron chi connectivity index (χ1n) is 8.16. The van der Waals surface area contributed by atoms with Crippen LogP contribution in [0, 0.1) is 23.2 Å². The quantitative estimate of drug-likeness (QED) is 0.807. The van der Waals surface area contributed by atoms with Gasteiger partial charge in [0.2, 0.25) is 5.91 Å². The van der Waals surface area contributed by atoms with E-state index in [9.17, 15) is 4.79 Å². The molecule has 21 heavy (non-hydrogen) atoms. The lowest BCUT2D eigenvalue weighted by molar-refractivity contribution is -0.141. The standard InChI is InChI=1S/C16H26N2O2S/c1-18(10-13-9-11-2-3-12(13)8-11)15(19)16(14(17)21)4-6-20-7-5-16/h11-13H,2-10H2,1H3,(H2,17,21). The van der Waals surface area contributed by atoms with Gasteiger partial charge in [-0.1, -0.05) is 18.6 Å². The van der Waals surface area contributed by atoms with Crippen molar-refractivity contribution in [3.8, 4) is 0 Å². The van der Waals surface area contributed by atoms with Crippen LogP contribution in [0.25, 0.3) is 0 Å². The number of rotatable bonds is 4. The largest absolute Gasteiger partial charge is 0.392 e. The zero-order valence-electron chi connectivity index (χ0n) is 12.8. The molecule has 0 spiro atoms. The third-order valence-corrected chi connectivity index (χ3v) is 6.36. The van der Waals surface area contributed by atoms with Gasteiger partial charge in [-0.05, 0) is 49.9 Å². The van der Waals surface area contributed by atoms with Gasteiger partial charge in [-0.25, -0.2) is 0 Å². The van der Waals surface area contributed by atoms with Crippen molar-refractivity contribution in [1.82, 2.24) is 4.90 Å². The van der Waals surface area contributed by atoms with Gasteiger partial charge in [-0.3, -0.25) is 4.79 Å². The zero-order valence-corrected chi connectivity index (χ0v) is 13.7. The van der Waals surface area contributed by atoms with Crippen molar-refractivity contribution in [1.29, 1.82) is 0 Å². The van der Waals surface area contributed by atoms with E-state index in [-0.39, 0.29) is 5.91 Å². The number of nitrogens with two attached hydrogens (primary N) is 1. The van der Waals surface area contributed by atoms with Crippen molar-refractivity contribution < 1.29 is 9.53 Å². The van der Waals surface area contributed by atoms with E-state index in [1.54, 1.807) is 0 Å². The lowest BCUT2D eigenvalue weighted by Gasteiger charge is -2.39. The van der Waals surface area contributed by atoms with Gasteiger partial charge in [0.25, 0.3) is 0 Å². The molecule has 2 saturated carbocycles. The van der Waals surface area contributed by atoms with Gasteiger partial charge >= 0.3 is 0 Å². The molecular formula is C16H26N2O2S. The molecule has 2 N–H and O–H groups in total. The third-order valence-electron chi connectivity index (χ3n) is 5.97. The van der Waals surface area contributed by atoms with Crippen LogP contribution in [0.1, 0.15) is 38.5 Å². The van der Waals surface area contributed by atoms with Gasteiger partial charge in [-0.15, -0.1) is 0 Å². The van der Waals surface area contributed by atoms with Crippen molar-refractivity contribution in [2.24, 2.45) is 28.9 Å². The molecule has 0 aromatic carbocycles. The number of carbonyl (C=O) groups is 1. The fourth-order valence-corrected chi connectivity index (χ4v) is 4.98. The second-order valence-corrected chi connectivity index (χ2v) is 7.62. The summed E-state index contributed by atoms with van der Waals surface area (Å²) in [6.07, 6.45) is 6.68. The van der Waals surface area contributed by atoms with E-state index in [0.29, 0.717) is 37.0 Å². The average molecular weight is 310 g/mol. The van der Waals surface area contributed by atoms with Gasteiger partial charge < -0.3 is 15.4 Å². The van der Waals surface area contributed by atoms with E-state index >= 15 is 0 Å². The zero-order chi connectivity index (χ0) is 15.0. The van der Waals surface area contributed by atoms with Crippen LogP contribution in [0.5, 0.6) is 0 Å². The van der Waals surface area contributed by atoms with Crippen molar-refractivity contribution in [2.75, 3.05) is 26.8 Å². The maximum absolute atomic E-state index is 13.0. The number of nitrogens with zero attached hydrogens (tertiary/aromatic N) is 1. The second kappa shape index (κ2) is 5.84. The van der Waals surface area contributed by atoms with E-state index in [2.05, 4.69) is 0 Å². The van der Waals surface area contributed by atoms with E-state index in [4.69, 9.17) is 22.7 Å². The first-order valence-corrected chi connectivity index (χ1v) is 8.57. The van der Waals surface area contributed by atoms with Crippen LogP contribution in [-0.2, 0) is 9.53 Å². The van der Waals surface area contributed by atoms with Gasteiger partial charge in [0.1, 0.15) is 5.41 Å². The Kier molecular flexibility index (Phi) is 4.23. The predicted molar refractivity (Wildman–Crippen MR) is 85.8 cm³/mol. The SMILES string of the molecule is CN(CC1CC2CCC1C2)C(=O)C1(C(N)=S)CCOCC1. The van der Waals surface area contributed by atoms with Crippen molar-refractivity contribution in [2.45, 2.75) is 38.5 Å². The molecule has 3 aliphatic rings. The highest BCUT2D eigenvalue weighted by molar-refractivity contribution is 7.80. The predicted octanol–water partition coefficient (Wildman–Crippen LogP) is 1.96. The molecule has 118 valence electrons. The van der Waals surface area contributed by atoms with E-state index in [1.165, 1.54) is 25.7 Å². The van der Waals surface area contributed by atoms with Crippen LogP contribution < -0.4 is 5.73 Å². The van der Waals surface area contributed by atoms with E-state index < -0.39 is 5.41 Å². The van der Waals surface area contributed by atoms with Crippen molar-refractivity contribution in [3.05, 3.63) is 0 Å². The van der Waals surface area contributed by atoms with E-state index in [0.717, 1.165) is 18.4 Å². The maximum atomic E-state index is 13.0. The normalized spacial score (nSPS) is 33.9. The highest BCUT2D eigenvalue weighted by Gasteiger charge is 2.46. The minimum absolute atomic E-state index is 0.112. The highest BCUT2D eigenvalue weighted by Crippen LogP contribution is 2.48. The number of amides is 1. The summed E-state index contributed by atoms with van der Waals surface area (Å²) in [6, 6.07) is 0. The Balaban J connectivity index is 1.66. The smallest absolute Gasteiger partial charge is 0.235 e. The van der Waals surface area contributed by atoms with E-state index in [1.807, 2.05) is 11.9 Å².